The van der Waals surface area contributed by atoms with Gasteiger partial charge in [-0.05, 0) is 48.0 Å². The molecule has 4 rings (SSSR count). The second-order valence-corrected chi connectivity index (χ2v) is 8.24. The molecule has 3 aromatic carbocycles. The molecule has 6 nitrogen and oxygen atoms in total. The van der Waals surface area contributed by atoms with Gasteiger partial charge in [0.15, 0.2) is 0 Å². The first-order valence-electron chi connectivity index (χ1n) is 11.1. The molecule has 0 aliphatic carbocycles. The highest BCUT2D eigenvalue weighted by molar-refractivity contribution is 5.95. The van der Waals surface area contributed by atoms with Crippen LogP contribution in [0, 0.1) is 11.7 Å². The Balaban J connectivity index is 1.62. The molecule has 0 unspecified atom stereocenters. The van der Waals surface area contributed by atoms with Crippen molar-refractivity contribution < 1.29 is 23.5 Å². The van der Waals surface area contributed by atoms with E-state index in [1.54, 1.807) is 31.3 Å². The van der Waals surface area contributed by atoms with E-state index in [2.05, 4.69) is 5.32 Å². The van der Waals surface area contributed by atoms with Crippen molar-refractivity contribution in [3.05, 3.63) is 95.3 Å². The molecule has 2 atom stereocenters. The van der Waals surface area contributed by atoms with Gasteiger partial charge in [-0.3, -0.25) is 9.59 Å². The molecule has 1 aliphatic heterocycles. The molecule has 0 saturated carbocycles. The van der Waals surface area contributed by atoms with Crippen molar-refractivity contribution in [2.24, 2.45) is 5.92 Å². The number of hydrogen-bond donors (Lipinski definition) is 1. The van der Waals surface area contributed by atoms with Crippen LogP contribution in [0.3, 0.4) is 0 Å². The van der Waals surface area contributed by atoms with Crippen molar-refractivity contribution in [3.8, 4) is 11.5 Å². The number of carbonyl (C=O) groups excluding carboxylic acids is 2. The summed E-state index contributed by atoms with van der Waals surface area (Å²) in [7, 11) is 3.15. The summed E-state index contributed by atoms with van der Waals surface area (Å²) in [6.07, 6.45) is 0. The molecular weight excluding hydrogens is 435 g/mol. The van der Waals surface area contributed by atoms with Crippen LogP contribution in [0.1, 0.15) is 27.4 Å². The third-order valence-electron chi connectivity index (χ3n) is 6.18. The van der Waals surface area contributed by atoms with Crippen molar-refractivity contribution in [2.45, 2.75) is 12.5 Å². The molecule has 0 spiro atoms. The average Bonchev–Trinajstić information content (AvgIpc) is 3.33. The van der Waals surface area contributed by atoms with E-state index in [-0.39, 0.29) is 24.3 Å². The van der Waals surface area contributed by atoms with Crippen molar-refractivity contribution in [2.75, 3.05) is 27.3 Å². The minimum atomic E-state index is -0.492. The van der Waals surface area contributed by atoms with Crippen molar-refractivity contribution in [3.63, 3.8) is 0 Å². The highest BCUT2D eigenvalue weighted by atomic mass is 19.1. The minimum absolute atomic E-state index is 0.145. The standard InChI is InChI=1S/C27H27FN2O4/c1-33-21-12-13-25(34-2)22(14-21)23-16-30(27(32)19-8-10-20(28)11-9-19)17-24(23)26(31)29-15-18-6-4-3-5-7-18/h3-14,23-24H,15-17H2,1-2H3,(H,29,31)/t23-,24-/m0/s1. The number of likely N-dealkylation sites (tertiary alicyclic amines) is 1. The summed E-state index contributed by atoms with van der Waals surface area (Å²) in [6.45, 7) is 0.953. The number of methoxy groups -OCH3 is 2. The zero-order chi connectivity index (χ0) is 24.1. The largest absolute Gasteiger partial charge is 0.497 e. The predicted molar refractivity (Wildman–Crippen MR) is 126 cm³/mol. The molecule has 1 N–H and O–H groups in total. The molecule has 3 aromatic rings. The van der Waals surface area contributed by atoms with Crippen LogP contribution in [0.15, 0.2) is 72.8 Å². The molecule has 2 amide bonds. The van der Waals surface area contributed by atoms with Crippen LogP contribution in [0.4, 0.5) is 4.39 Å². The van der Waals surface area contributed by atoms with E-state index in [1.807, 2.05) is 36.4 Å². The van der Waals surface area contributed by atoms with Crippen LogP contribution in [0.25, 0.3) is 0 Å². The SMILES string of the molecule is COc1ccc(OC)c([C@@H]2CN(C(=O)c3ccc(F)cc3)C[C@@H]2C(=O)NCc2ccccc2)c1. The van der Waals surface area contributed by atoms with E-state index < -0.39 is 11.7 Å². The van der Waals surface area contributed by atoms with E-state index in [1.165, 1.54) is 24.3 Å². The first-order valence-corrected chi connectivity index (χ1v) is 11.1. The molecule has 1 saturated heterocycles. The number of ether oxygens (including phenoxy) is 2. The summed E-state index contributed by atoms with van der Waals surface area (Å²) in [4.78, 5) is 28.2. The highest BCUT2D eigenvalue weighted by Crippen LogP contribution is 2.40. The van der Waals surface area contributed by atoms with Gasteiger partial charge >= 0.3 is 0 Å². The fourth-order valence-electron chi connectivity index (χ4n) is 4.37. The number of carbonyl (C=O) groups is 2. The maximum Gasteiger partial charge on any atom is 0.253 e. The molecule has 1 fully saturated rings. The average molecular weight is 463 g/mol. The number of halogens is 1. The van der Waals surface area contributed by atoms with Gasteiger partial charge in [0.05, 0.1) is 20.1 Å². The van der Waals surface area contributed by atoms with Gasteiger partial charge in [0, 0.05) is 36.7 Å². The van der Waals surface area contributed by atoms with Gasteiger partial charge in [0.2, 0.25) is 5.91 Å². The van der Waals surface area contributed by atoms with Gasteiger partial charge in [0.25, 0.3) is 5.91 Å². The van der Waals surface area contributed by atoms with E-state index in [0.717, 1.165) is 11.1 Å². The number of rotatable bonds is 7. The van der Waals surface area contributed by atoms with E-state index >= 15 is 0 Å². The Morgan fingerprint density at radius 3 is 2.38 bits per heavy atom. The lowest BCUT2D eigenvalue weighted by Gasteiger charge is -2.21. The second kappa shape index (κ2) is 10.4. The number of nitrogens with zero attached hydrogens (tertiary/aromatic N) is 1. The Bertz CT molecular complexity index is 1150. The first-order chi connectivity index (χ1) is 16.5. The lowest BCUT2D eigenvalue weighted by molar-refractivity contribution is -0.125. The molecule has 1 aliphatic rings. The van der Waals surface area contributed by atoms with Gasteiger partial charge in [-0.15, -0.1) is 0 Å². The predicted octanol–water partition coefficient (Wildman–Crippen LogP) is 4.02. The molecule has 0 radical (unpaired) electrons. The van der Waals surface area contributed by atoms with Gasteiger partial charge in [-0.25, -0.2) is 4.39 Å². The zero-order valence-corrected chi connectivity index (χ0v) is 19.2. The quantitative estimate of drug-likeness (QED) is 0.576. The van der Waals surface area contributed by atoms with Crippen LogP contribution in [0.2, 0.25) is 0 Å². The van der Waals surface area contributed by atoms with Crippen molar-refractivity contribution >= 4 is 11.8 Å². The van der Waals surface area contributed by atoms with Gasteiger partial charge in [0.1, 0.15) is 17.3 Å². The lowest BCUT2D eigenvalue weighted by Crippen LogP contribution is -2.35. The fourth-order valence-corrected chi connectivity index (χ4v) is 4.37. The molecule has 34 heavy (non-hydrogen) atoms. The number of nitrogens with one attached hydrogen (secondary N) is 1. The molecule has 176 valence electrons. The van der Waals surface area contributed by atoms with E-state index in [0.29, 0.717) is 30.2 Å². The summed E-state index contributed by atoms with van der Waals surface area (Å²) in [5.41, 5.74) is 2.17. The van der Waals surface area contributed by atoms with Crippen LogP contribution >= 0.6 is 0 Å². The molecular formula is C27H27FN2O4. The monoisotopic (exact) mass is 462 g/mol. The Hall–Kier alpha value is -3.87. The van der Waals surface area contributed by atoms with Gasteiger partial charge in [-0.2, -0.15) is 0 Å². The number of amides is 2. The second-order valence-electron chi connectivity index (χ2n) is 8.24. The molecule has 0 bridgehead atoms. The summed E-state index contributed by atoms with van der Waals surface area (Å²) < 4.78 is 24.3. The first kappa shape index (κ1) is 23.3. The lowest BCUT2D eigenvalue weighted by atomic mass is 9.87. The zero-order valence-electron chi connectivity index (χ0n) is 19.2. The number of hydrogen-bond acceptors (Lipinski definition) is 4. The van der Waals surface area contributed by atoms with Crippen molar-refractivity contribution in [1.82, 2.24) is 10.2 Å². The Kier molecular flexibility index (Phi) is 7.11. The smallest absolute Gasteiger partial charge is 0.253 e. The van der Waals surface area contributed by atoms with Crippen LogP contribution in [-0.2, 0) is 11.3 Å². The van der Waals surface area contributed by atoms with Crippen molar-refractivity contribution in [1.29, 1.82) is 0 Å². The topological polar surface area (TPSA) is 67.9 Å². The summed E-state index contributed by atoms with van der Waals surface area (Å²) in [5.74, 6) is -0.321. The Morgan fingerprint density at radius 1 is 0.971 bits per heavy atom. The fraction of sp³-hybridized carbons (Fsp3) is 0.259. The summed E-state index contributed by atoms with van der Waals surface area (Å²) >= 11 is 0. The highest BCUT2D eigenvalue weighted by Gasteiger charge is 2.42. The minimum Gasteiger partial charge on any atom is -0.497 e. The maximum absolute atomic E-state index is 13.4. The van der Waals surface area contributed by atoms with Crippen LogP contribution in [-0.4, -0.2) is 44.0 Å². The van der Waals surface area contributed by atoms with Gasteiger partial charge < -0.3 is 19.7 Å². The normalized spacial score (nSPS) is 17.3. The summed E-state index contributed by atoms with van der Waals surface area (Å²) in [5, 5.41) is 3.01. The third-order valence-corrected chi connectivity index (χ3v) is 6.18. The van der Waals surface area contributed by atoms with Gasteiger partial charge in [-0.1, -0.05) is 30.3 Å². The van der Waals surface area contributed by atoms with Crippen LogP contribution in [0.5, 0.6) is 11.5 Å². The van der Waals surface area contributed by atoms with Crippen LogP contribution < -0.4 is 14.8 Å². The Morgan fingerprint density at radius 2 is 1.71 bits per heavy atom. The maximum atomic E-state index is 13.4. The van der Waals surface area contributed by atoms with E-state index in [4.69, 9.17) is 9.47 Å². The third kappa shape index (κ3) is 5.03. The molecule has 0 aromatic heterocycles. The Labute approximate surface area is 198 Å². The molecule has 7 heteroatoms. The number of benzene rings is 3. The summed E-state index contributed by atoms with van der Waals surface area (Å²) in [6, 6.07) is 20.5. The van der Waals surface area contributed by atoms with E-state index in [9.17, 15) is 14.0 Å². The molecule has 1 heterocycles.